The molecule has 5 heteroatoms. The van der Waals surface area contributed by atoms with Gasteiger partial charge in [0.25, 0.3) is 5.91 Å². The van der Waals surface area contributed by atoms with E-state index in [0.29, 0.717) is 17.1 Å². The van der Waals surface area contributed by atoms with E-state index in [1.165, 1.54) is 0 Å². The molecule has 0 aliphatic carbocycles. The van der Waals surface area contributed by atoms with Crippen LogP contribution in [0, 0.1) is 0 Å². The molecule has 1 amide bonds. The molecule has 0 atom stereocenters. The summed E-state index contributed by atoms with van der Waals surface area (Å²) in [5.41, 5.74) is 3.29. The molecule has 0 bridgehead atoms. The van der Waals surface area contributed by atoms with E-state index in [1.807, 2.05) is 47.9 Å². The van der Waals surface area contributed by atoms with Crippen LogP contribution in [0.3, 0.4) is 0 Å². The number of rotatable bonds is 4. The SMILES string of the molecule is CCCNC(=O)c1ccc2c(c1)ncn2-c1cccc(Cl)c1. The van der Waals surface area contributed by atoms with Gasteiger partial charge in [-0.05, 0) is 42.8 Å². The van der Waals surface area contributed by atoms with E-state index < -0.39 is 0 Å². The number of hydrogen-bond donors (Lipinski definition) is 1. The zero-order chi connectivity index (χ0) is 15.5. The van der Waals surface area contributed by atoms with Crippen molar-refractivity contribution in [2.24, 2.45) is 0 Å². The third kappa shape index (κ3) is 2.83. The number of amides is 1. The van der Waals surface area contributed by atoms with Crippen molar-refractivity contribution >= 4 is 28.5 Å². The van der Waals surface area contributed by atoms with E-state index in [4.69, 9.17) is 11.6 Å². The maximum atomic E-state index is 12.0. The Bertz CT molecular complexity index is 826. The molecule has 3 rings (SSSR count). The van der Waals surface area contributed by atoms with E-state index in [0.717, 1.165) is 23.1 Å². The van der Waals surface area contributed by atoms with Gasteiger partial charge in [0.05, 0.1) is 11.0 Å². The van der Waals surface area contributed by atoms with Crippen molar-refractivity contribution in [1.29, 1.82) is 0 Å². The third-order valence-corrected chi connectivity index (χ3v) is 3.67. The fraction of sp³-hybridized carbons (Fsp3) is 0.176. The van der Waals surface area contributed by atoms with E-state index >= 15 is 0 Å². The lowest BCUT2D eigenvalue weighted by Gasteiger charge is -2.06. The number of carbonyl (C=O) groups is 1. The summed E-state index contributed by atoms with van der Waals surface area (Å²) < 4.78 is 1.95. The summed E-state index contributed by atoms with van der Waals surface area (Å²) in [5.74, 6) is -0.0685. The van der Waals surface area contributed by atoms with Crippen LogP contribution in [0.5, 0.6) is 0 Å². The van der Waals surface area contributed by atoms with Gasteiger partial charge in [0.15, 0.2) is 0 Å². The number of aromatic nitrogens is 2. The molecule has 22 heavy (non-hydrogen) atoms. The van der Waals surface area contributed by atoms with Gasteiger partial charge in [-0.2, -0.15) is 0 Å². The van der Waals surface area contributed by atoms with Crippen molar-refractivity contribution in [3.05, 3.63) is 59.4 Å². The summed E-state index contributed by atoms with van der Waals surface area (Å²) in [6.45, 7) is 2.70. The second-order valence-electron chi connectivity index (χ2n) is 5.05. The maximum Gasteiger partial charge on any atom is 0.251 e. The average Bonchev–Trinajstić information content (AvgIpc) is 2.95. The molecular weight excluding hydrogens is 298 g/mol. The Kier molecular flexibility index (Phi) is 4.11. The largest absolute Gasteiger partial charge is 0.352 e. The molecule has 1 heterocycles. The van der Waals surface area contributed by atoms with Crippen LogP contribution in [0.4, 0.5) is 0 Å². The molecule has 112 valence electrons. The van der Waals surface area contributed by atoms with Gasteiger partial charge in [-0.25, -0.2) is 4.98 Å². The molecule has 0 radical (unpaired) electrons. The lowest BCUT2D eigenvalue weighted by molar-refractivity contribution is 0.0954. The van der Waals surface area contributed by atoms with Crippen molar-refractivity contribution in [3.8, 4) is 5.69 Å². The second kappa shape index (κ2) is 6.20. The zero-order valence-electron chi connectivity index (χ0n) is 12.2. The predicted molar refractivity (Wildman–Crippen MR) is 88.7 cm³/mol. The molecule has 0 spiro atoms. The van der Waals surface area contributed by atoms with Crippen molar-refractivity contribution in [2.75, 3.05) is 6.54 Å². The first-order valence-electron chi connectivity index (χ1n) is 7.20. The summed E-state index contributed by atoms with van der Waals surface area (Å²) in [6.07, 6.45) is 2.65. The van der Waals surface area contributed by atoms with Crippen molar-refractivity contribution < 1.29 is 4.79 Å². The molecule has 4 nitrogen and oxygen atoms in total. The first-order valence-corrected chi connectivity index (χ1v) is 7.58. The maximum absolute atomic E-state index is 12.0. The van der Waals surface area contributed by atoms with Gasteiger partial charge in [0, 0.05) is 22.8 Å². The number of fused-ring (bicyclic) bond motifs is 1. The highest BCUT2D eigenvalue weighted by atomic mass is 35.5. The third-order valence-electron chi connectivity index (χ3n) is 3.43. The fourth-order valence-corrected chi connectivity index (χ4v) is 2.51. The quantitative estimate of drug-likeness (QED) is 0.796. The Morgan fingerprint density at radius 2 is 2.14 bits per heavy atom. The second-order valence-corrected chi connectivity index (χ2v) is 5.49. The minimum atomic E-state index is -0.0685. The predicted octanol–water partition coefficient (Wildman–Crippen LogP) is 3.82. The first kappa shape index (κ1) is 14.6. The van der Waals surface area contributed by atoms with Crippen LogP contribution in [-0.2, 0) is 0 Å². The van der Waals surface area contributed by atoms with E-state index in [2.05, 4.69) is 10.3 Å². The number of imidazole rings is 1. The molecule has 0 unspecified atom stereocenters. The molecular formula is C17H16ClN3O. The molecule has 0 fully saturated rings. The minimum absolute atomic E-state index is 0.0685. The molecule has 0 saturated heterocycles. The van der Waals surface area contributed by atoms with Gasteiger partial charge < -0.3 is 5.32 Å². The standard InChI is InChI=1S/C17H16ClN3O/c1-2-8-19-17(22)12-6-7-16-15(9-12)20-11-21(16)14-5-3-4-13(18)10-14/h3-7,9-11H,2,8H2,1H3,(H,19,22). The van der Waals surface area contributed by atoms with Gasteiger partial charge in [0.2, 0.25) is 0 Å². The van der Waals surface area contributed by atoms with Crippen LogP contribution in [0.15, 0.2) is 48.8 Å². The summed E-state index contributed by atoms with van der Waals surface area (Å²) in [5, 5.41) is 3.54. The molecule has 3 aromatic rings. The summed E-state index contributed by atoms with van der Waals surface area (Å²) in [4.78, 5) is 16.4. The fourth-order valence-electron chi connectivity index (χ4n) is 2.33. The number of halogens is 1. The summed E-state index contributed by atoms with van der Waals surface area (Å²) in [7, 11) is 0. The molecule has 0 aliphatic rings. The first-order chi connectivity index (χ1) is 10.7. The van der Waals surface area contributed by atoms with Crippen molar-refractivity contribution in [1.82, 2.24) is 14.9 Å². The zero-order valence-corrected chi connectivity index (χ0v) is 13.0. The molecule has 0 saturated carbocycles. The monoisotopic (exact) mass is 313 g/mol. The van der Waals surface area contributed by atoms with E-state index in [1.54, 1.807) is 12.4 Å². The van der Waals surface area contributed by atoms with Crippen molar-refractivity contribution in [3.63, 3.8) is 0 Å². The van der Waals surface area contributed by atoms with E-state index in [-0.39, 0.29) is 5.91 Å². The van der Waals surface area contributed by atoms with Crippen molar-refractivity contribution in [2.45, 2.75) is 13.3 Å². The van der Waals surface area contributed by atoms with Crippen LogP contribution in [0.1, 0.15) is 23.7 Å². The highest BCUT2D eigenvalue weighted by Gasteiger charge is 2.09. The number of carbonyl (C=O) groups excluding carboxylic acids is 1. The number of benzene rings is 2. The highest BCUT2D eigenvalue weighted by molar-refractivity contribution is 6.30. The Morgan fingerprint density at radius 1 is 1.27 bits per heavy atom. The van der Waals surface area contributed by atoms with Gasteiger partial charge >= 0.3 is 0 Å². The Labute approximate surface area is 133 Å². The molecule has 1 N–H and O–H groups in total. The van der Waals surface area contributed by atoms with E-state index in [9.17, 15) is 4.79 Å². The number of nitrogens with one attached hydrogen (secondary N) is 1. The van der Waals surface area contributed by atoms with Gasteiger partial charge in [0.1, 0.15) is 6.33 Å². The summed E-state index contributed by atoms with van der Waals surface area (Å²) in [6, 6.07) is 13.1. The van der Waals surface area contributed by atoms with Crippen LogP contribution < -0.4 is 5.32 Å². The topological polar surface area (TPSA) is 46.9 Å². The Morgan fingerprint density at radius 3 is 2.91 bits per heavy atom. The number of hydrogen-bond acceptors (Lipinski definition) is 2. The lowest BCUT2D eigenvalue weighted by atomic mass is 10.2. The molecule has 0 aliphatic heterocycles. The minimum Gasteiger partial charge on any atom is -0.352 e. The van der Waals surface area contributed by atoms with Crippen LogP contribution in [-0.4, -0.2) is 22.0 Å². The van der Waals surface area contributed by atoms with Crippen LogP contribution in [0.2, 0.25) is 5.02 Å². The normalized spacial score (nSPS) is 10.8. The smallest absolute Gasteiger partial charge is 0.251 e. The van der Waals surface area contributed by atoms with Gasteiger partial charge in [-0.1, -0.05) is 24.6 Å². The van der Waals surface area contributed by atoms with Gasteiger partial charge in [-0.15, -0.1) is 0 Å². The summed E-state index contributed by atoms with van der Waals surface area (Å²) >= 11 is 6.04. The molecule has 2 aromatic carbocycles. The lowest BCUT2D eigenvalue weighted by Crippen LogP contribution is -2.23. The van der Waals surface area contributed by atoms with Crippen LogP contribution in [0.25, 0.3) is 16.7 Å². The molecule has 1 aromatic heterocycles. The Hall–Kier alpha value is -2.33. The average molecular weight is 314 g/mol. The van der Waals surface area contributed by atoms with Crippen LogP contribution >= 0.6 is 11.6 Å². The number of nitrogens with zero attached hydrogens (tertiary/aromatic N) is 2. The Balaban J connectivity index is 1.98. The van der Waals surface area contributed by atoms with Gasteiger partial charge in [-0.3, -0.25) is 9.36 Å². The highest BCUT2D eigenvalue weighted by Crippen LogP contribution is 2.21.